The first-order valence-electron chi connectivity index (χ1n) is 8.14. The number of amides is 1. The van der Waals surface area contributed by atoms with E-state index in [-0.39, 0.29) is 40.0 Å². The van der Waals surface area contributed by atoms with E-state index in [0.717, 1.165) is 24.3 Å². The first-order chi connectivity index (χ1) is 13.8. The maximum absolute atomic E-state index is 14.3. The number of primary amides is 1. The van der Waals surface area contributed by atoms with Crippen LogP contribution in [0.1, 0.15) is 10.4 Å². The SMILES string of the molecule is COc1cc(F)c(Nc2nccc(-c3cc(F)c(F)cc3OC)n2)cc1C(N)=O. The molecule has 0 saturated heterocycles. The van der Waals surface area contributed by atoms with Crippen LogP contribution in [0.15, 0.2) is 36.5 Å². The molecule has 0 aliphatic rings. The van der Waals surface area contributed by atoms with Crippen molar-refractivity contribution in [3.05, 3.63) is 59.5 Å². The summed E-state index contributed by atoms with van der Waals surface area (Å²) in [4.78, 5) is 19.7. The van der Waals surface area contributed by atoms with Gasteiger partial charge in [-0.05, 0) is 18.2 Å². The van der Waals surface area contributed by atoms with E-state index in [1.165, 1.54) is 26.5 Å². The fourth-order valence-corrected chi connectivity index (χ4v) is 2.60. The summed E-state index contributed by atoms with van der Waals surface area (Å²) in [5.41, 5.74) is 5.47. The first-order valence-corrected chi connectivity index (χ1v) is 8.14. The minimum absolute atomic E-state index is 0.0262. The lowest BCUT2D eigenvalue weighted by Crippen LogP contribution is -2.13. The van der Waals surface area contributed by atoms with Gasteiger partial charge in [-0.15, -0.1) is 0 Å². The topological polar surface area (TPSA) is 99.4 Å². The van der Waals surface area contributed by atoms with E-state index in [1.807, 2.05) is 0 Å². The third kappa shape index (κ3) is 4.05. The molecule has 1 aromatic heterocycles. The highest BCUT2D eigenvalue weighted by molar-refractivity contribution is 5.96. The van der Waals surface area contributed by atoms with Gasteiger partial charge in [-0.3, -0.25) is 4.79 Å². The van der Waals surface area contributed by atoms with Crippen LogP contribution in [0.4, 0.5) is 24.8 Å². The lowest BCUT2D eigenvalue weighted by Gasteiger charge is -2.12. The van der Waals surface area contributed by atoms with Gasteiger partial charge in [0.25, 0.3) is 5.91 Å². The van der Waals surface area contributed by atoms with E-state index in [0.29, 0.717) is 0 Å². The summed E-state index contributed by atoms with van der Waals surface area (Å²) in [6.45, 7) is 0. The Labute approximate surface area is 163 Å². The Morgan fingerprint density at radius 1 is 1.00 bits per heavy atom. The quantitative estimate of drug-likeness (QED) is 0.653. The van der Waals surface area contributed by atoms with Crippen molar-refractivity contribution in [2.45, 2.75) is 0 Å². The standard InChI is InChI=1S/C19H15F3N4O3/c1-28-16-7-12(21)11(20)5-9(16)14-3-4-24-19(25-14)26-15-6-10(18(23)27)17(29-2)8-13(15)22/h3-8H,1-2H3,(H2,23,27)(H,24,25,26). The van der Waals surface area contributed by atoms with Crippen molar-refractivity contribution in [2.24, 2.45) is 5.73 Å². The summed E-state index contributed by atoms with van der Waals surface area (Å²) < 4.78 is 51.5. The molecule has 0 radical (unpaired) electrons. The number of carbonyl (C=O) groups is 1. The molecule has 3 N–H and O–H groups in total. The molecular formula is C19H15F3N4O3. The Balaban J connectivity index is 2.01. The molecule has 10 heteroatoms. The number of nitrogens with two attached hydrogens (primary N) is 1. The summed E-state index contributed by atoms with van der Waals surface area (Å²) in [6, 6.07) is 5.41. The Morgan fingerprint density at radius 2 is 1.66 bits per heavy atom. The number of halogens is 3. The molecule has 0 atom stereocenters. The smallest absolute Gasteiger partial charge is 0.252 e. The van der Waals surface area contributed by atoms with Gasteiger partial charge in [-0.1, -0.05) is 0 Å². The second-order valence-electron chi connectivity index (χ2n) is 5.75. The average Bonchev–Trinajstić information content (AvgIpc) is 2.70. The van der Waals surface area contributed by atoms with E-state index < -0.39 is 23.4 Å². The summed E-state index contributed by atoms with van der Waals surface area (Å²) in [5.74, 6) is -3.74. The fraction of sp³-hybridized carbons (Fsp3) is 0.105. The van der Waals surface area contributed by atoms with Crippen molar-refractivity contribution in [1.82, 2.24) is 9.97 Å². The maximum atomic E-state index is 14.3. The first kappa shape index (κ1) is 19.9. The zero-order valence-corrected chi connectivity index (χ0v) is 15.3. The summed E-state index contributed by atoms with van der Waals surface area (Å²) in [5, 5.41) is 2.62. The predicted octanol–water partition coefficient (Wildman–Crippen LogP) is 3.42. The number of benzene rings is 2. The van der Waals surface area contributed by atoms with Gasteiger partial charge in [-0.2, -0.15) is 0 Å². The Bertz CT molecular complexity index is 1090. The highest BCUT2D eigenvalue weighted by Gasteiger charge is 2.17. The fourth-order valence-electron chi connectivity index (χ4n) is 2.60. The Kier molecular flexibility index (Phi) is 5.53. The van der Waals surface area contributed by atoms with Crippen LogP contribution in [-0.4, -0.2) is 30.1 Å². The third-order valence-corrected chi connectivity index (χ3v) is 3.98. The van der Waals surface area contributed by atoms with Crippen LogP contribution in [-0.2, 0) is 0 Å². The lowest BCUT2D eigenvalue weighted by molar-refractivity contribution is 0.0997. The maximum Gasteiger partial charge on any atom is 0.252 e. The highest BCUT2D eigenvalue weighted by atomic mass is 19.2. The molecule has 0 spiro atoms. The van der Waals surface area contributed by atoms with E-state index >= 15 is 0 Å². The van der Waals surface area contributed by atoms with E-state index in [2.05, 4.69) is 15.3 Å². The van der Waals surface area contributed by atoms with Gasteiger partial charge in [0.15, 0.2) is 11.6 Å². The van der Waals surface area contributed by atoms with Gasteiger partial charge in [0.2, 0.25) is 5.95 Å². The van der Waals surface area contributed by atoms with Crippen molar-refractivity contribution in [3.63, 3.8) is 0 Å². The van der Waals surface area contributed by atoms with Gasteiger partial charge >= 0.3 is 0 Å². The van der Waals surface area contributed by atoms with Crippen molar-refractivity contribution in [2.75, 3.05) is 19.5 Å². The number of ether oxygens (including phenoxy) is 2. The van der Waals surface area contributed by atoms with Crippen LogP contribution in [0, 0.1) is 17.5 Å². The molecule has 0 fully saturated rings. The Morgan fingerprint density at radius 3 is 2.31 bits per heavy atom. The molecule has 150 valence electrons. The van der Waals surface area contributed by atoms with Crippen molar-refractivity contribution >= 4 is 17.5 Å². The molecule has 0 unspecified atom stereocenters. The normalized spacial score (nSPS) is 10.5. The monoisotopic (exact) mass is 404 g/mol. The molecule has 3 aromatic rings. The number of aromatic nitrogens is 2. The highest BCUT2D eigenvalue weighted by Crippen LogP contribution is 2.32. The lowest BCUT2D eigenvalue weighted by atomic mass is 10.1. The number of hydrogen-bond donors (Lipinski definition) is 2. The Hall–Kier alpha value is -3.82. The van der Waals surface area contributed by atoms with Gasteiger partial charge in [0, 0.05) is 23.9 Å². The molecule has 3 rings (SSSR count). The molecule has 2 aromatic carbocycles. The number of nitrogens with zero attached hydrogens (tertiary/aromatic N) is 2. The second kappa shape index (κ2) is 8.05. The van der Waals surface area contributed by atoms with Crippen LogP contribution < -0.4 is 20.5 Å². The van der Waals surface area contributed by atoms with Gasteiger partial charge in [-0.25, -0.2) is 23.1 Å². The van der Waals surface area contributed by atoms with Gasteiger partial charge in [0.05, 0.1) is 31.2 Å². The molecule has 0 saturated carbocycles. The molecule has 0 aliphatic carbocycles. The minimum Gasteiger partial charge on any atom is -0.496 e. The largest absolute Gasteiger partial charge is 0.496 e. The number of carbonyl (C=O) groups excluding carboxylic acids is 1. The number of rotatable bonds is 6. The predicted molar refractivity (Wildman–Crippen MR) is 98.7 cm³/mol. The van der Waals surface area contributed by atoms with Crippen molar-refractivity contribution < 1.29 is 27.4 Å². The van der Waals surface area contributed by atoms with E-state index in [9.17, 15) is 18.0 Å². The minimum atomic E-state index is -1.08. The van der Waals surface area contributed by atoms with Crippen LogP contribution in [0.5, 0.6) is 11.5 Å². The second-order valence-corrected chi connectivity index (χ2v) is 5.75. The van der Waals surface area contributed by atoms with Gasteiger partial charge in [0.1, 0.15) is 17.3 Å². The van der Waals surface area contributed by atoms with Crippen molar-refractivity contribution in [3.8, 4) is 22.8 Å². The molecular weight excluding hydrogens is 389 g/mol. The van der Waals surface area contributed by atoms with Gasteiger partial charge < -0.3 is 20.5 Å². The average molecular weight is 404 g/mol. The van der Waals surface area contributed by atoms with Crippen LogP contribution in [0.2, 0.25) is 0 Å². The summed E-state index contributed by atoms with van der Waals surface area (Å²) in [6.07, 6.45) is 1.34. The van der Waals surface area contributed by atoms with Crippen LogP contribution >= 0.6 is 0 Å². The third-order valence-electron chi connectivity index (χ3n) is 3.98. The van der Waals surface area contributed by atoms with E-state index in [4.69, 9.17) is 15.2 Å². The molecule has 1 amide bonds. The summed E-state index contributed by atoms with van der Waals surface area (Å²) in [7, 11) is 2.57. The molecule has 1 heterocycles. The molecule has 29 heavy (non-hydrogen) atoms. The van der Waals surface area contributed by atoms with E-state index in [1.54, 1.807) is 0 Å². The number of nitrogens with one attached hydrogen (secondary N) is 1. The molecule has 0 bridgehead atoms. The van der Waals surface area contributed by atoms with Crippen molar-refractivity contribution in [1.29, 1.82) is 0 Å². The zero-order chi connectivity index (χ0) is 21.1. The number of hydrogen-bond acceptors (Lipinski definition) is 6. The summed E-state index contributed by atoms with van der Waals surface area (Å²) >= 11 is 0. The zero-order valence-electron chi connectivity index (χ0n) is 15.3. The van der Waals surface area contributed by atoms with Crippen LogP contribution in [0.25, 0.3) is 11.3 Å². The number of anilines is 2. The molecule has 0 aliphatic heterocycles. The van der Waals surface area contributed by atoms with Crippen LogP contribution in [0.3, 0.4) is 0 Å². The number of methoxy groups -OCH3 is 2. The molecule has 7 nitrogen and oxygen atoms in total.